The summed E-state index contributed by atoms with van der Waals surface area (Å²) in [5.74, 6) is 1.47. The first-order valence-corrected chi connectivity index (χ1v) is 6.90. The molecule has 2 aromatic rings. The van der Waals surface area contributed by atoms with E-state index in [1.165, 1.54) is 11.1 Å². The Kier molecular flexibility index (Phi) is 4.23. The molecule has 0 unspecified atom stereocenters. The van der Waals surface area contributed by atoms with Gasteiger partial charge in [0.1, 0.15) is 5.82 Å². The smallest absolute Gasteiger partial charge is 0.225 e. The Hall–Kier alpha value is -2.10. The molecule has 0 radical (unpaired) electrons. The third kappa shape index (κ3) is 3.95. The molecule has 0 saturated heterocycles. The molecule has 1 aromatic carbocycles. The molecular weight excluding hydrogens is 248 g/mol. The fourth-order valence-corrected chi connectivity index (χ4v) is 2.15. The summed E-state index contributed by atoms with van der Waals surface area (Å²) in [5, 5.41) is 6.58. The van der Waals surface area contributed by atoms with E-state index < -0.39 is 0 Å². The number of nitrogens with one attached hydrogen (secondary N) is 2. The molecule has 0 aliphatic carbocycles. The van der Waals surface area contributed by atoms with Crippen molar-refractivity contribution in [3.05, 3.63) is 41.1 Å². The molecule has 1 heterocycles. The molecule has 4 heteroatoms. The molecule has 0 bridgehead atoms. The summed E-state index contributed by atoms with van der Waals surface area (Å²) in [6.07, 6.45) is 0. The predicted molar refractivity (Wildman–Crippen MR) is 84.7 cm³/mol. The Bertz CT molecular complexity index is 585. The molecule has 20 heavy (non-hydrogen) atoms. The van der Waals surface area contributed by atoms with Gasteiger partial charge in [-0.25, -0.2) is 4.98 Å². The molecule has 0 saturated carbocycles. The highest BCUT2D eigenvalue weighted by Gasteiger charge is 2.04. The Morgan fingerprint density at radius 1 is 0.900 bits per heavy atom. The van der Waals surface area contributed by atoms with Crippen LogP contribution >= 0.6 is 0 Å². The number of benzene rings is 1. The van der Waals surface area contributed by atoms with Crippen LogP contribution in [-0.4, -0.2) is 16.0 Å². The Labute approximate surface area is 120 Å². The van der Waals surface area contributed by atoms with Crippen LogP contribution < -0.4 is 10.6 Å². The summed E-state index contributed by atoms with van der Waals surface area (Å²) in [6, 6.07) is 8.64. The first-order chi connectivity index (χ1) is 9.42. The lowest BCUT2D eigenvalue weighted by Gasteiger charge is -2.12. The maximum atomic E-state index is 4.50. The fraction of sp³-hybridized carbons (Fsp3) is 0.375. The summed E-state index contributed by atoms with van der Waals surface area (Å²) < 4.78 is 0. The van der Waals surface area contributed by atoms with E-state index in [-0.39, 0.29) is 0 Å². The molecular formula is C16H22N4. The number of aromatic nitrogens is 2. The third-order valence-corrected chi connectivity index (χ3v) is 2.77. The highest BCUT2D eigenvalue weighted by Crippen LogP contribution is 2.19. The van der Waals surface area contributed by atoms with E-state index in [2.05, 4.69) is 66.5 Å². The van der Waals surface area contributed by atoms with Crippen LogP contribution in [0.25, 0.3) is 0 Å². The van der Waals surface area contributed by atoms with Crippen LogP contribution in [0.4, 0.5) is 17.5 Å². The van der Waals surface area contributed by atoms with Crippen molar-refractivity contribution in [2.24, 2.45) is 0 Å². The zero-order chi connectivity index (χ0) is 14.7. The fourth-order valence-electron chi connectivity index (χ4n) is 2.15. The number of hydrogen-bond donors (Lipinski definition) is 2. The van der Waals surface area contributed by atoms with Crippen LogP contribution in [0.3, 0.4) is 0 Å². The zero-order valence-corrected chi connectivity index (χ0v) is 12.8. The van der Waals surface area contributed by atoms with Crippen molar-refractivity contribution in [1.82, 2.24) is 9.97 Å². The van der Waals surface area contributed by atoms with Crippen LogP contribution in [0.15, 0.2) is 24.3 Å². The van der Waals surface area contributed by atoms with Crippen LogP contribution in [0.2, 0.25) is 0 Å². The molecule has 2 N–H and O–H groups in total. The Morgan fingerprint density at radius 2 is 1.55 bits per heavy atom. The lowest BCUT2D eigenvalue weighted by Crippen LogP contribution is -2.13. The van der Waals surface area contributed by atoms with Gasteiger partial charge >= 0.3 is 0 Å². The summed E-state index contributed by atoms with van der Waals surface area (Å²) in [4.78, 5) is 8.88. The van der Waals surface area contributed by atoms with Crippen LogP contribution in [0.1, 0.15) is 30.7 Å². The van der Waals surface area contributed by atoms with E-state index in [1.807, 2.05) is 13.0 Å². The van der Waals surface area contributed by atoms with Crippen LogP contribution in [-0.2, 0) is 0 Å². The second-order valence-corrected chi connectivity index (χ2v) is 5.52. The topological polar surface area (TPSA) is 49.8 Å². The van der Waals surface area contributed by atoms with Gasteiger partial charge in [-0.1, -0.05) is 6.07 Å². The van der Waals surface area contributed by atoms with E-state index >= 15 is 0 Å². The average Bonchev–Trinajstić information content (AvgIpc) is 2.24. The molecule has 0 aliphatic rings. The summed E-state index contributed by atoms with van der Waals surface area (Å²) >= 11 is 0. The standard InChI is InChI=1S/C16H22N4/c1-10(2)17-16-18-13(5)9-15(20-16)19-14-7-11(3)6-12(4)8-14/h6-10H,1-5H3,(H2,17,18,19,20). The minimum Gasteiger partial charge on any atom is -0.352 e. The minimum absolute atomic E-state index is 0.311. The largest absolute Gasteiger partial charge is 0.352 e. The van der Waals surface area contributed by atoms with E-state index in [1.54, 1.807) is 0 Å². The summed E-state index contributed by atoms with van der Waals surface area (Å²) in [6.45, 7) is 10.3. The second kappa shape index (κ2) is 5.90. The third-order valence-electron chi connectivity index (χ3n) is 2.77. The van der Waals surface area contributed by atoms with Crippen molar-refractivity contribution < 1.29 is 0 Å². The number of hydrogen-bond acceptors (Lipinski definition) is 4. The first-order valence-electron chi connectivity index (χ1n) is 6.90. The first kappa shape index (κ1) is 14.3. The summed E-state index contributed by atoms with van der Waals surface area (Å²) in [7, 11) is 0. The van der Waals surface area contributed by atoms with Gasteiger partial charge in [0.05, 0.1) is 0 Å². The highest BCUT2D eigenvalue weighted by molar-refractivity contribution is 5.59. The summed E-state index contributed by atoms with van der Waals surface area (Å²) in [5.41, 5.74) is 4.46. The Balaban J connectivity index is 2.26. The molecule has 4 nitrogen and oxygen atoms in total. The number of rotatable bonds is 4. The predicted octanol–water partition coefficient (Wildman–Crippen LogP) is 3.97. The molecule has 0 aliphatic heterocycles. The average molecular weight is 270 g/mol. The molecule has 0 fully saturated rings. The lowest BCUT2D eigenvalue weighted by atomic mass is 10.1. The van der Waals surface area contributed by atoms with E-state index in [0.717, 1.165) is 17.2 Å². The molecule has 1 aromatic heterocycles. The van der Waals surface area contributed by atoms with Crippen molar-refractivity contribution in [3.8, 4) is 0 Å². The van der Waals surface area contributed by atoms with Gasteiger partial charge < -0.3 is 10.6 Å². The van der Waals surface area contributed by atoms with Gasteiger partial charge in [0, 0.05) is 23.5 Å². The van der Waals surface area contributed by atoms with Gasteiger partial charge in [0.2, 0.25) is 5.95 Å². The van der Waals surface area contributed by atoms with Crippen LogP contribution in [0.5, 0.6) is 0 Å². The van der Waals surface area contributed by atoms with Crippen LogP contribution in [0, 0.1) is 20.8 Å². The molecule has 0 atom stereocenters. The van der Waals surface area contributed by atoms with Crippen molar-refractivity contribution in [2.75, 3.05) is 10.6 Å². The van der Waals surface area contributed by atoms with Crippen molar-refractivity contribution in [3.63, 3.8) is 0 Å². The van der Waals surface area contributed by atoms with Crippen molar-refractivity contribution in [1.29, 1.82) is 0 Å². The van der Waals surface area contributed by atoms with Gasteiger partial charge in [-0.3, -0.25) is 0 Å². The minimum atomic E-state index is 0.311. The van der Waals surface area contributed by atoms with Crippen molar-refractivity contribution in [2.45, 2.75) is 40.7 Å². The van der Waals surface area contributed by atoms with E-state index in [0.29, 0.717) is 12.0 Å². The van der Waals surface area contributed by atoms with Crippen molar-refractivity contribution >= 4 is 17.5 Å². The SMILES string of the molecule is Cc1cc(C)cc(Nc2cc(C)nc(NC(C)C)n2)c1. The normalized spacial score (nSPS) is 10.7. The molecule has 0 spiro atoms. The van der Waals surface area contributed by atoms with Gasteiger partial charge in [0.15, 0.2) is 0 Å². The maximum absolute atomic E-state index is 4.50. The molecule has 2 rings (SSSR count). The number of nitrogens with zero attached hydrogens (tertiary/aromatic N) is 2. The maximum Gasteiger partial charge on any atom is 0.225 e. The Morgan fingerprint density at radius 3 is 2.15 bits per heavy atom. The quantitative estimate of drug-likeness (QED) is 0.882. The molecule has 106 valence electrons. The number of anilines is 3. The van der Waals surface area contributed by atoms with Gasteiger partial charge in [0.25, 0.3) is 0 Å². The second-order valence-electron chi connectivity index (χ2n) is 5.52. The number of aryl methyl sites for hydroxylation is 3. The highest BCUT2D eigenvalue weighted by atomic mass is 15.1. The van der Waals surface area contributed by atoms with Gasteiger partial charge in [-0.2, -0.15) is 4.98 Å². The monoisotopic (exact) mass is 270 g/mol. The van der Waals surface area contributed by atoms with Gasteiger partial charge in [-0.05, 0) is 57.9 Å². The van der Waals surface area contributed by atoms with Gasteiger partial charge in [-0.15, -0.1) is 0 Å². The molecule has 0 amide bonds. The van der Waals surface area contributed by atoms with E-state index in [4.69, 9.17) is 0 Å². The van der Waals surface area contributed by atoms with E-state index in [9.17, 15) is 0 Å². The lowest BCUT2D eigenvalue weighted by molar-refractivity contribution is 0.871. The zero-order valence-electron chi connectivity index (χ0n) is 12.8.